The molecule has 1 aliphatic rings. The van der Waals surface area contributed by atoms with Crippen LogP contribution in [-0.2, 0) is 4.74 Å². The molecule has 8 nitrogen and oxygen atoms in total. The van der Waals surface area contributed by atoms with Crippen LogP contribution < -0.4 is 11.1 Å². The first kappa shape index (κ1) is 13.5. The van der Waals surface area contributed by atoms with Gasteiger partial charge in [0, 0.05) is 18.6 Å². The van der Waals surface area contributed by atoms with E-state index in [0.717, 1.165) is 13.0 Å². The lowest BCUT2D eigenvalue weighted by molar-refractivity contribution is -0.385. The summed E-state index contributed by atoms with van der Waals surface area (Å²) in [6.07, 6.45) is 0.932. The van der Waals surface area contributed by atoms with Gasteiger partial charge in [-0.15, -0.1) is 0 Å². The Morgan fingerprint density at radius 3 is 2.89 bits per heavy atom. The molecule has 2 heterocycles. The fourth-order valence-electron chi connectivity index (χ4n) is 2.19. The van der Waals surface area contributed by atoms with Gasteiger partial charge in [-0.1, -0.05) is 0 Å². The maximum atomic E-state index is 11.1. The Bertz CT molecular complexity index is 487. The highest BCUT2D eigenvalue weighted by Gasteiger charge is 2.27. The molecule has 3 N–H and O–H groups in total. The minimum Gasteiger partial charge on any atom is -0.381 e. The molecular formula is C11H17N5O3. The van der Waals surface area contributed by atoms with E-state index >= 15 is 0 Å². The number of nitrogens with zero attached hydrogens (tertiary/aromatic N) is 3. The highest BCUT2D eigenvalue weighted by atomic mass is 16.6. The first-order valence-corrected chi connectivity index (χ1v) is 6.12. The molecule has 104 valence electrons. The number of hydrogen-bond donors (Lipinski definition) is 2. The number of nitrogens with two attached hydrogens (primary N) is 1. The smallest absolute Gasteiger partial charge is 0.332 e. The largest absolute Gasteiger partial charge is 0.381 e. The number of hydrogen-bond acceptors (Lipinski definition) is 7. The Morgan fingerprint density at radius 1 is 1.58 bits per heavy atom. The summed E-state index contributed by atoms with van der Waals surface area (Å²) < 4.78 is 5.31. The summed E-state index contributed by atoms with van der Waals surface area (Å²) in [4.78, 5) is 18.3. The lowest BCUT2D eigenvalue weighted by Gasteiger charge is -2.19. The van der Waals surface area contributed by atoms with Gasteiger partial charge in [-0.3, -0.25) is 10.1 Å². The van der Waals surface area contributed by atoms with Crippen LogP contribution in [0.25, 0.3) is 0 Å². The van der Waals surface area contributed by atoms with Gasteiger partial charge in [-0.25, -0.2) is 4.98 Å². The van der Waals surface area contributed by atoms with Gasteiger partial charge in [0.1, 0.15) is 5.69 Å². The first-order valence-electron chi connectivity index (χ1n) is 6.12. The second-order valence-corrected chi connectivity index (χ2v) is 4.68. The quantitative estimate of drug-likeness (QED) is 0.620. The third kappa shape index (κ3) is 2.90. The minimum atomic E-state index is -0.491. The number of aromatic nitrogens is 2. The zero-order chi connectivity index (χ0) is 14.0. The van der Waals surface area contributed by atoms with Gasteiger partial charge >= 0.3 is 5.69 Å². The molecule has 1 aromatic rings. The topological polar surface area (TPSA) is 116 Å². The summed E-state index contributed by atoms with van der Waals surface area (Å²) in [6, 6.07) is 0.0231. The van der Waals surface area contributed by atoms with Gasteiger partial charge in [0.15, 0.2) is 0 Å². The predicted octanol–water partition coefficient (Wildman–Crippen LogP) is 1.11. The molecule has 0 amide bonds. The lowest BCUT2D eigenvalue weighted by Crippen LogP contribution is -2.27. The SMILES string of the molecule is Cc1nc(N)nc(NC(C)C2CCOC2)c1[N+](=O)[O-]. The Balaban J connectivity index is 2.25. The van der Waals surface area contributed by atoms with E-state index in [0.29, 0.717) is 12.5 Å². The molecule has 0 bridgehead atoms. The molecule has 2 rings (SSSR count). The third-order valence-corrected chi connectivity index (χ3v) is 3.29. The second-order valence-electron chi connectivity index (χ2n) is 4.68. The third-order valence-electron chi connectivity index (χ3n) is 3.29. The highest BCUT2D eigenvalue weighted by Crippen LogP contribution is 2.28. The molecule has 1 fully saturated rings. The van der Waals surface area contributed by atoms with Crippen LogP contribution in [0.2, 0.25) is 0 Å². The van der Waals surface area contributed by atoms with Gasteiger partial charge in [0.25, 0.3) is 0 Å². The molecule has 1 aliphatic heterocycles. The highest BCUT2D eigenvalue weighted by molar-refractivity contribution is 5.60. The van der Waals surface area contributed by atoms with Crippen molar-refractivity contribution in [1.82, 2.24) is 9.97 Å². The molecule has 1 saturated heterocycles. The van der Waals surface area contributed by atoms with E-state index in [-0.39, 0.29) is 29.2 Å². The van der Waals surface area contributed by atoms with Gasteiger partial charge in [0.05, 0.1) is 11.5 Å². The number of rotatable bonds is 4. The molecule has 0 aromatic carbocycles. The molecular weight excluding hydrogens is 250 g/mol. The van der Waals surface area contributed by atoms with Gasteiger partial charge in [-0.2, -0.15) is 4.98 Å². The molecule has 0 radical (unpaired) electrons. The predicted molar refractivity (Wildman–Crippen MR) is 69.8 cm³/mol. The van der Waals surface area contributed by atoms with Crippen molar-refractivity contribution < 1.29 is 9.66 Å². The summed E-state index contributed by atoms with van der Waals surface area (Å²) in [5, 5.41) is 14.1. The summed E-state index contributed by atoms with van der Waals surface area (Å²) >= 11 is 0. The van der Waals surface area contributed by atoms with Crippen LogP contribution >= 0.6 is 0 Å². The maximum Gasteiger partial charge on any atom is 0.332 e. The number of ether oxygens (including phenoxy) is 1. The van der Waals surface area contributed by atoms with Crippen LogP contribution in [0.15, 0.2) is 0 Å². The van der Waals surface area contributed by atoms with Crippen molar-refractivity contribution in [2.75, 3.05) is 24.3 Å². The number of nitrogen functional groups attached to an aromatic ring is 1. The zero-order valence-corrected chi connectivity index (χ0v) is 10.9. The molecule has 1 aromatic heterocycles. The van der Waals surface area contributed by atoms with Crippen molar-refractivity contribution in [3.8, 4) is 0 Å². The second kappa shape index (κ2) is 5.35. The average Bonchev–Trinajstić information content (AvgIpc) is 2.80. The number of nitro groups is 1. The minimum absolute atomic E-state index is 0.0231. The number of aryl methyl sites for hydroxylation is 1. The molecule has 0 aliphatic carbocycles. The van der Waals surface area contributed by atoms with Crippen LogP contribution in [0.1, 0.15) is 19.0 Å². The Labute approximate surface area is 110 Å². The van der Waals surface area contributed by atoms with Crippen LogP contribution in [-0.4, -0.2) is 34.1 Å². The summed E-state index contributed by atoms with van der Waals surface area (Å²) in [5.41, 5.74) is 5.68. The van der Waals surface area contributed by atoms with Crippen molar-refractivity contribution in [1.29, 1.82) is 0 Å². The fourth-order valence-corrected chi connectivity index (χ4v) is 2.19. The van der Waals surface area contributed by atoms with Gasteiger partial charge in [0.2, 0.25) is 11.8 Å². The van der Waals surface area contributed by atoms with E-state index in [1.165, 1.54) is 0 Å². The molecule has 2 atom stereocenters. The summed E-state index contributed by atoms with van der Waals surface area (Å²) in [6.45, 7) is 4.88. The Hall–Kier alpha value is -1.96. The van der Waals surface area contributed by atoms with E-state index in [9.17, 15) is 10.1 Å². The number of anilines is 2. The van der Waals surface area contributed by atoms with Gasteiger partial charge < -0.3 is 15.8 Å². The van der Waals surface area contributed by atoms with Crippen molar-refractivity contribution in [2.45, 2.75) is 26.3 Å². The van der Waals surface area contributed by atoms with Crippen molar-refractivity contribution in [2.24, 2.45) is 5.92 Å². The van der Waals surface area contributed by atoms with E-state index in [4.69, 9.17) is 10.5 Å². The molecule has 0 saturated carbocycles. The van der Waals surface area contributed by atoms with Crippen LogP contribution in [0.3, 0.4) is 0 Å². The van der Waals surface area contributed by atoms with Crippen molar-refractivity contribution >= 4 is 17.5 Å². The van der Waals surface area contributed by atoms with Crippen LogP contribution in [0, 0.1) is 23.0 Å². The fraction of sp³-hybridized carbons (Fsp3) is 0.636. The van der Waals surface area contributed by atoms with Crippen LogP contribution in [0.5, 0.6) is 0 Å². The summed E-state index contributed by atoms with van der Waals surface area (Å²) in [7, 11) is 0. The monoisotopic (exact) mass is 267 g/mol. The van der Waals surface area contributed by atoms with E-state index in [1.807, 2.05) is 6.92 Å². The average molecular weight is 267 g/mol. The maximum absolute atomic E-state index is 11.1. The lowest BCUT2D eigenvalue weighted by atomic mass is 10.0. The van der Waals surface area contributed by atoms with E-state index < -0.39 is 4.92 Å². The molecule has 0 spiro atoms. The van der Waals surface area contributed by atoms with Crippen molar-refractivity contribution in [3.05, 3.63) is 15.8 Å². The van der Waals surface area contributed by atoms with Crippen molar-refractivity contribution in [3.63, 3.8) is 0 Å². The van der Waals surface area contributed by atoms with E-state index in [1.54, 1.807) is 6.92 Å². The Morgan fingerprint density at radius 2 is 2.32 bits per heavy atom. The van der Waals surface area contributed by atoms with E-state index in [2.05, 4.69) is 15.3 Å². The van der Waals surface area contributed by atoms with Crippen LogP contribution in [0.4, 0.5) is 17.5 Å². The standard InChI is InChI=1S/C11H17N5O3/c1-6(8-3-4-19-5-8)13-10-9(16(17)18)7(2)14-11(12)15-10/h6,8H,3-5H2,1-2H3,(H3,12,13,14,15). The normalized spacial score (nSPS) is 20.2. The Kier molecular flexibility index (Phi) is 3.79. The molecule has 2 unspecified atom stereocenters. The number of nitrogens with one attached hydrogen (secondary N) is 1. The molecule has 19 heavy (non-hydrogen) atoms. The molecule has 8 heteroatoms. The summed E-state index contributed by atoms with van der Waals surface area (Å²) in [5.74, 6) is 0.519. The van der Waals surface area contributed by atoms with Gasteiger partial charge in [-0.05, 0) is 20.3 Å². The zero-order valence-electron chi connectivity index (χ0n) is 10.9. The first-order chi connectivity index (χ1) is 8.99.